The maximum atomic E-state index is 13.0. The van der Waals surface area contributed by atoms with Crippen molar-refractivity contribution in [2.75, 3.05) is 13.2 Å². The largest absolute Gasteiger partial charge is 0.508 e. The summed E-state index contributed by atoms with van der Waals surface area (Å²) in [5, 5.41) is 49.8. The number of benzene rings is 1. The van der Waals surface area contributed by atoms with Gasteiger partial charge in [-0.25, -0.2) is 4.79 Å². The summed E-state index contributed by atoms with van der Waals surface area (Å²) in [5.74, 6) is 0.517. The third-order valence-corrected chi connectivity index (χ3v) is 7.39. The van der Waals surface area contributed by atoms with Crippen molar-refractivity contribution in [3.63, 3.8) is 0 Å². The van der Waals surface area contributed by atoms with Gasteiger partial charge in [0.1, 0.15) is 47.6 Å². The average Bonchev–Trinajstić information content (AvgIpc) is 3.07. The van der Waals surface area contributed by atoms with E-state index in [9.17, 15) is 30.3 Å². The van der Waals surface area contributed by atoms with Crippen molar-refractivity contribution in [2.45, 2.75) is 82.8 Å². The molecule has 4 rings (SSSR count). The number of phenolic OH excluding ortho intramolecular Hbond substituents is 1. The van der Waals surface area contributed by atoms with Crippen molar-refractivity contribution in [2.24, 2.45) is 0 Å². The molecule has 0 unspecified atom stereocenters. The van der Waals surface area contributed by atoms with E-state index >= 15 is 0 Å². The summed E-state index contributed by atoms with van der Waals surface area (Å²) in [6, 6.07) is 3.02. The summed E-state index contributed by atoms with van der Waals surface area (Å²) in [4.78, 5) is 13.0. The van der Waals surface area contributed by atoms with E-state index in [0.717, 1.165) is 11.1 Å². The summed E-state index contributed by atoms with van der Waals surface area (Å²) >= 11 is 0. The van der Waals surface area contributed by atoms with Gasteiger partial charge in [-0.15, -0.1) is 0 Å². The molecule has 2 aliphatic rings. The first kappa shape index (κ1) is 26.6. The fourth-order valence-corrected chi connectivity index (χ4v) is 5.02. The van der Waals surface area contributed by atoms with Crippen molar-refractivity contribution in [3.05, 3.63) is 45.3 Å². The van der Waals surface area contributed by atoms with Crippen LogP contribution in [-0.2, 0) is 14.9 Å². The standard InChI is InChI=1S/C26H34O10/c1-12(11-33-25-22(31)21(30)20(29)17(10-27)36-25)6-5-7-26(4)14(3)34-23-18-13(2)8-15(28)9-16(18)35-24(32)19(23)26/h6,8-9,14,17,20-22,25,27-31H,5,7,10-11H2,1-4H3/b12-6-/t14-,17-,20-,21+,22-,25-,26-/m1/s1. The Morgan fingerprint density at radius 2 is 1.92 bits per heavy atom. The van der Waals surface area contributed by atoms with E-state index < -0.39 is 48.4 Å². The van der Waals surface area contributed by atoms with Gasteiger partial charge in [-0.2, -0.15) is 0 Å². The Morgan fingerprint density at radius 3 is 2.61 bits per heavy atom. The smallest absolute Gasteiger partial charge is 0.343 e. The molecule has 10 heteroatoms. The van der Waals surface area contributed by atoms with Crippen molar-refractivity contribution in [1.82, 2.24) is 0 Å². The SMILES string of the molecule is C/C(=C/CC[C@@]1(C)c2c(c3c(C)cc(O)cc3oc2=O)O[C@@H]1C)CO[C@@H]1O[C@H](CO)[C@@H](O)[C@H](O)[C@H]1O. The lowest BCUT2D eigenvalue weighted by Crippen LogP contribution is -2.59. The molecule has 0 aliphatic carbocycles. The van der Waals surface area contributed by atoms with Crippen molar-refractivity contribution in [3.8, 4) is 11.5 Å². The van der Waals surface area contributed by atoms with Gasteiger partial charge in [0.25, 0.3) is 0 Å². The minimum absolute atomic E-state index is 0.0171. The van der Waals surface area contributed by atoms with Crippen LogP contribution in [0.15, 0.2) is 33.0 Å². The molecule has 0 radical (unpaired) electrons. The summed E-state index contributed by atoms with van der Waals surface area (Å²) in [6.45, 7) is 7.12. The van der Waals surface area contributed by atoms with E-state index in [1.807, 2.05) is 33.8 Å². The number of aromatic hydroxyl groups is 1. The molecule has 0 saturated carbocycles. The van der Waals surface area contributed by atoms with E-state index in [0.29, 0.717) is 29.5 Å². The molecule has 10 nitrogen and oxygen atoms in total. The number of aryl methyl sites for hydroxylation is 1. The Morgan fingerprint density at radius 1 is 1.19 bits per heavy atom. The number of phenols is 1. The number of hydrogen-bond acceptors (Lipinski definition) is 10. The minimum Gasteiger partial charge on any atom is -0.508 e. The highest BCUT2D eigenvalue weighted by molar-refractivity contribution is 5.89. The second-order valence-corrected chi connectivity index (χ2v) is 10.0. The maximum absolute atomic E-state index is 13.0. The van der Waals surface area contributed by atoms with Crippen molar-refractivity contribution in [1.29, 1.82) is 0 Å². The second kappa shape index (κ2) is 10.1. The molecule has 1 fully saturated rings. The first-order valence-corrected chi connectivity index (χ1v) is 12.0. The number of hydrogen-bond donors (Lipinski definition) is 5. The van der Waals surface area contributed by atoms with Crippen molar-refractivity contribution >= 4 is 11.0 Å². The molecule has 3 heterocycles. The van der Waals surface area contributed by atoms with E-state index in [2.05, 4.69) is 0 Å². The van der Waals surface area contributed by atoms with Crippen LogP contribution in [-0.4, -0.2) is 75.6 Å². The highest BCUT2D eigenvalue weighted by atomic mass is 16.7. The molecule has 198 valence electrons. The van der Waals surface area contributed by atoms with Gasteiger partial charge >= 0.3 is 5.63 Å². The Labute approximate surface area is 208 Å². The van der Waals surface area contributed by atoms with E-state index in [-0.39, 0.29) is 24.0 Å². The van der Waals surface area contributed by atoms with Gasteiger partial charge in [0.15, 0.2) is 6.29 Å². The third kappa shape index (κ3) is 4.65. The van der Waals surface area contributed by atoms with Crippen LogP contribution in [0, 0.1) is 6.92 Å². The Balaban J connectivity index is 1.46. The summed E-state index contributed by atoms with van der Waals surface area (Å²) < 4.78 is 22.7. The average molecular weight is 507 g/mol. The number of ether oxygens (including phenoxy) is 3. The molecule has 36 heavy (non-hydrogen) atoms. The first-order valence-electron chi connectivity index (χ1n) is 12.0. The van der Waals surface area contributed by atoms with E-state index in [1.165, 1.54) is 6.07 Å². The normalized spacial score (nSPS) is 32.5. The van der Waals surface area contributed by atoms with Crippen LogP contribution in [0.5, 0.6) is 11.5 Å². The molecular weight excluding hydrogens is 472 g/mol. The topological polar surface area (TPSA) is 159 Å². The lowest BCUT2D eigenvalue weighted by molar-refractivity contribution is -0.299. The Kier molecular flexibility index (Phi) is 7.47. The van der Waals surface area contributed by atoms with Gasteiger partial charge in [0.05, 0.1) is 24.2 Å². The number of allylic oxidation sites excluding steroid dienone is 1. The molecule has 1 aromatic heterocycles. The molecule has 1 saturated heterocycles. The zero-order valence-corrected chi connectivity index (χ0v) is 20.8. The Hall–Kier alpha value is -2.47. The molecule has 2 aromatic rings. The maximum Gasteiger partial charge on any atom is 0.343 e. The van der Waals surface area contributed by atoms with Crippen LogP contribution >= 0.6 is 0 Å². The molecule has 1 aromatic carbocycles. The van der Waals surface area contributed by atoms with Gasteiger partial charge in [-0.05, 0) is 45.2 Å². The highest BCUT2D eigenvalue weighted by Gasteiger charge is 2.47. The fraction of sp³-hybridized carbons (Fsp3) is 0.577. The number of fused-ring (bicyclic) bond motifs is 3. The zero-order valence-electron chi connectivity index (χ0n) is 20.8. The molecular formula is C26H34O10. The lowest BCUT2D eigenvalue weighted by atomic mass is 9.76. The van der Waals surface area contributed by atoms with Crippen LogP contribution in [0.3, 0.4) is 0 Å². The van der Waals surface area contributed by atoms with Crippen LogP contribution in [0.4, 0.5) is 0 Å². The predicted octanol–water partition coefficient (Wildman–Crippen LogP) is 1.39. The number of aliphatic hydroxyl groups is 4. The van der Waals surface area contributed by atoms with Gasteiger partial charge in [-0.3, -0.25) is 0 Å². The van der Waals surface area contributed by atoms with Gasteiger partial charge < -0.3 is 44.2 Å². The van der Waals surface area contributed by atoms with Crippen LogP contribution < -0.4 is 10.4 Å². The van der Waals surface area contributed by atoms with E-state index in [1.54, 1.807) is 6.07 Å². The lowest BCUT2D eigenvalue weighted by Gasteiger charge is -2.39. The van der Waals surface area contributed by atoms with Crippen LogP contribution in [0.25, 0.3) is 11.0 Å². The van der Waals surface area contributed by atoms with Gasteiger partial charge in [0.2, 0.25) is 0 Å². The van der Waals surface area contributed by atoms with Crippen LogP contribution in [0.2, 0.25) is 0 Å². The van der Waals surface area contributed by atoms with Crippen molar-refractivity contribution < 1.29 is 44.2 Å². The highest BCUT2D eigenvalue weighted by Crippen LogP contribution is 2.48. The second-order valence-electron chi connectivity index (χ2n) is 10.0. The number of rotatable bonds is 7. The minimum atomic E-state index is -1.50. The molecule has 2 aliphatic heterocycles. The molecule has 0 bridgehead atoms. The zero-order chi connectivity index (χ0) is 26.4. The quantitative estimate of drug-likeness (QED) is 0.274. The molecule has 5 N–H and O–H groups in total. The van der Waals surface area contributed by atoms with E-state index in [4.69, 9.17) is 18.6 Å². The number of aliphatic hydroxyl groups excluding tert-OH is 4. The molecule has 7 atom stereocenters. The summed E-state index contributed by atoms with van der Waals surface area (Å²) in [6.07, 6.45) is -3.77. The molecule has 0 amide bonds. The van der Waals surface area contributed by atoms with Gasteiger partial charge in [0, 0.05) is 11.5 Å². The fourth-order valence-electron chi connectivity index (χ4n) is 5.02. The first-order chi connectivity index (χ1) is 17.0. The Bertz CT molecular complexity index is 1200. The summed E-state index contributed by atoms with van der Waals surface area (Å²) in [5.41, 5.74) is 1.26. The predicted molar refractivity (Wildman–Crippen MR) is 129 cm³/mol. The third-order valence-electron chi connectivity index (χ3n) is 7.39. The monoisotopic (exact) mass is 506 g/mol. The summed E-state index contributed by atoms with van der Waals surface area (Å²) in [7, 11) is 0. The van der Waals surface area contributed by atoms with Gasteiger partial charge in [-0.1, -0.05) is 18.6 Å². The van der Waals surface area contributed by atoms with Crippen LogP contribution in [0.1, 0.15) is 44.7 Å². The molecule has 0 spiro atoms.